The number of hydrogen-bond donors (Lipinski definition) is 0. The fourth-order valence-electron chi connectivity index (χ4n) is 6.61. The zero-order valence-corrected chi connectivity index (χ0v) is 25.1. The lowest BCUT2D eigenvalue weighted by molar-refractivity contribution is -0.317. The molecule has 0 N–H and O–H groups in total. The molecule has 1 aliphatic heterocycles. The molecule has 0 bridgehead atoms. The first-order valence-electron chi connectivity index (χ1n) is 12.6. The molecule has 6 atom stereocenters. The minimum Gasteiger partial charge on any atom is -0.549 e. The number of nitrogens with zero attached hydrogens (tertiary/aromatic N) is 1. The predicted molar refractivity (Wildman–Crippen MR) is 147 cm³/mol. The molecule has 2 aliphatic rings. The third-order valence-corrected chi connectivity index (χ3v) is 10.1. The van der Waals surface area contributed by atoms with E-state index in [4.69, 9.17) is 34.8 Å². The summed E-state index contributed by atoms with van der Waals surface area (Å²) in [7, 11) is 0. The van der Waals surface area contributed by atoms with Gasteiger partial charge in [0.15, 0.2) is 0 Å². The Bertz CT molecular complexity index is 1300. The fraction of sp³-hybridized carbons (Fsp3) is 0.500. The van der Waals surface area contributed by atoms with E-state index in [-0.39, 0.29) is 48.6 Å². The summed E-state index contributed by atoms with van der Waals surface area (Å²) < 4.78 is 61.4. The molecule has 212 valence electrons. The van der Waals surface area contributed by atoms with Crippen LogP contribution in [-0.2, 0) is 10.2 Å². The second-order valence-electron chi connectivity index (χ2n) is 11.0. The zero-order chi connectivity index (χ0) is 29.0. The molecule has 0 spiro atoms. The SMILES string of the molecule is CC(C)C1CC[C@@H](C)C[C@H]1[C@@H]1N=C(c2ccc(F)c(Br)c2)[C@@H](C(=O)[O-])[C@]1(c1cc(Cl)c(Cl)c(Cl)c1)C(F)(F)F. The fourth-order valence-corrected chi connectivity index (χ4v) is 7.58. The van der Waals surface area contributed by atoms with E-state index in [1.165, 1.54) is 12.1 Å². The number of benzene rings is 2. The number of halogens is 8. The number of carboxylic acid groups (broad SMARTS) is 1. The van der Waals surface area contributed by atoms with Crippen LogP contribution in [0.4, 0.5) is 17.6 Å². The second-order valence-corrected chi connectivity index (χ2v) is 13.0. The molecular weight excluding hydrogens is 645 g/mol. The van der Waals surface area contributed by atoms with Gasteiger partial charge >= 0.3 is 6.18 Å². The first-order chi connectivity index (χ1) is 18.1. The number of carboxylic acids is 1. The molecule has 1 saturated carbocycles. The zero-order valence-electron chi connectivity index (χ0n) is 21.3. The van der Waals surface area contributed by atoms with E-state index in [1.807, 2.05) is 20.8 Å². The first kappa shape index (κ1) is 30.6. The summed E-state index contributed by atoms with van der Waals surface area (Å²) in [6, 6.07) is 4.03. The minimum atomic E-state index is -5.13. The first-order valence-corrected chi connectivity index (χ1v) is 14.5. The van der Waals surface area contributed by atoms with Gasteiger partial charge in [-0.1, -0.05) is 68.1 Å². The van der Waals surface area contributed by atoms with Crippen LogP contribution in [0.15, 0.2) is 39.8 Å². The third kappa shape index (κ3) is 5.24. The van der Waals surface area contributed by atoms with Crippen LogP contribution < -0.4 is 5.11 Å². The van der Waals surface area contributed by atoms with E-state index < -0.39 is 46.8 Å². The Morgan fingerprint density at radius 3 is 2.26 bits per heavy atom. The number of hydrogen-bond acceptors (Lipinski definition) is 3. The molecular formula is C28H26BrCl3F4NO2-. The normalized spacial score (nSPS) is 29.5. The van der Waals surface area contributed by atoms with Crippen LogP contribution in [0.5, 0.6) is 0 Å². The van der Waals surface area contributed by atoms with Gasteiger partial charge in [0.1, 0.15) is 11.2 Å². The van der Waals surface area contributed by atoms with Crippen molar-refractivity contribution in [1.29, 1.82) is 0 Å². The van der Waals surface area contributed by atoms with Crippen molar-refractivity contribution in [2.24, 2.45) is 34.6 Å². The van der Waals surface area contributed by atoms with Crippen molar-refractivity contribution in [3.63, 3.8) is 0 Å². The highest BCUT2D eigenvalue weighted by Gasteiger charge is 2.71. The Morgan fingerprint density at radius 1 is 1.13 bits per heavy atom. The Hall–Kier alpha value is -1.35. The third-order valence-electron chi connectivity index (χ3n) is 8.33. The van der Waals surface area contributed by atoms with E-state index in [9.17, 15) is 14.3 Å². The summed E-state index contributed by atoms with van der Waals surface area (Å²) in [4.78, 5) is 17.5. The second kappa shape index (κ2) is 11.1. The lowest BCUT2D eigenvalue weighted by Gasteiger charge is -2.48. The summed E-state index contributed by atoms with van der Waals surface area (Å²) in [5, 5.41) is 12.2. The predicted octanol–water partition coefficient (Wildman–Crippen LogP) is 8.29. The van der Waals surface area contributed by atoms with Gasteiger partial charge < -0.3 is 9.90 Å². The van der Waals surface area contributed by atoms with Crippen molar-refractivity contribution in [1.82, 2.24) is 0 Å². The van der Waals surface area contributed by atoms with E-state index >= 15 is 13.2 Å². The molecule has 11 heteroatoms. The van der Waals surface area contributed by atoms with Gasteiger partial charge in [-0.3, -0.25) is 4.99 Å². The van der Waals surface area contributed by atoms with Crippen molar-refractivity contribution in [3.8, 4) is 0 Å². The Balaban J connectivity index is 2.11. The van der Waals surface area contributed by atoms with E-state index in [0.29, 0.717) is 12.8 Å². The monoisotopic (exact) mass is 668 g/mol. The van der Waals surface area contributed by atoms with Crippen molar-refractivity contribution in [3.05, 3.63) is 66.8 Å². The topological polar surface area (TPSA) is 52.5 Å². The van der Waals surface area contributed by atoms with Gasteiger partial charge in [0.05, 0.1) is 43.2 Å². The average Bonchev–Trinajstić information content (AvgIpc) is 3.21. The van der Waals surface area contributed by atoms with Crippen LogP contribution in [-0.4, -0.2) is 23.9 Å². The Morgan fingerprint density at radius 2 is 1.74 bits per heavy atom. The average molecular weight is 671 g/mol. The molecule has 2 aromatic rings. The number of aliphatic carboxylic acids is 1. The summed E-state index contributed by atoms with van der Waals surface area (Å²) in [6.07, 6.45) is -3.19. The molecule has 1 heterocycles. The molecule has 1 unspecified atom stereocenters. The molecule has 0 saturated heterocycles. The van der Waals surface area contributed by atoms with Crippen LogP contribution in [0.25, 0.3) is 0 Å². The van der Waals surface area contributed by atoms with E-state index in [2.05, 4.69) is 20.9 Å². The van der Waals surface area contributed by atoms with Crippen molar-refractivity contribution < 1.29 is 27.5 Å². The summed E-state index contributed by atoms with van der Waals surface area (Å²) in [6.45, 7) is 5.87. The number of carbonyl (C=O) groups excluding carboxylic acids is 1. The van der Waals surface area contributed by atoms with Gasteiger partial charge in [-0.25, -0.2) is 4.39 Å². The van der Waals surface area contributed by atoms with Crippen LogP contribution in [0.1, 0.15) is 51.2 Å². The molecule has 4 rings (SSSR count). The molecule has 1 fully saturated rings. The quantitative estimate of drug-likeness (QED) is 0.238. The lowest BCUT2D eigenvalue weighted by Crippen LogP contribution is -2.61. The Kier molecular flexibility index (Phi) is 8.75. The number of alkyl halides is 3. The van der Waals surface area contributed by atoms with Crippen molar-refractivity contribution in [2.75, 3.05) is 0 Å². The smallest absolute Gasteiger partial charge is 0.401 e. The highest BCUT2D eigenvalue weighted by Crippen LogP contribution is 2.60. The summed E-state index contributed by atoms with van der Waals surface area (Å²) >= 11 is 21.6. The number of carbonyl (C=O) groups is 1. The maximum atomic E-state index is 15.8. The minimum absolute atomic E-state index is 0.0199. The van der Waals surface area contributed by atoms with Gasteiger partial charge in [-0.2, -0.15) is 13.2 Å². The van der Waals surface area contributed by atoms with Crippen LogP contribution in [0.3, 0.4) is 0 Å². The largest absolute Gasteiger partial charge is 0.549 e. The van der Waals surface area contributed by atoms with Crippen molar-refractivity contribution >= 4 is 62.4 Å². The summed E-state index contributed by atoms with van der Waals surface area (Å²) in [5.41, 5.74) is -3.81. The molecule has 2 aromatic carbocycles. The van der Waals surface area contributed by atoms with Gasteiger partial charge in [0, 0.05) is 0 Å². The summed E-state index contributed by atoms with van der Waals surface area (Å²) in [5.74, 6) is -5.53. The van der Waals surface area contributed by atoms with Crippen molar-refractivity contribution in [2.45, 2.75) is 57.7 Å². The lowest BCUT2D eigenvalue weighted by atomic mass is 9.57. The van der Waals surface area contributed by atoms with E-state index in [0.717, 1.165) is 24.6 Å². The molecule has 0 amide bonds. The number of rotatable bonds is 5. The Labute approximate surface area is 248 Å². The van der Waals surface area contributed by atoms with Gasteiger partial charge in [0.25, 0.3) is 0 Å². The molecule has 3 nitrogen and oxygen atoms in total. The van der Waals surface area contributed by atoms with E-state index in [1.54, 1.807) is 0 Å². The van der Waals surface area contributed by atoms with Gasteiger partial charge in [-0.15, -0.1) is 0 Å². The van der Waals surface area contributed by atoms with Crippen LogP contribution in [0, 0.1) is 35.4 Å². The molecule has 0 aromatic heterocycles. The van der Waals surface area contributed by atoms with Crippen LogP contribution >= 0.6 is 50.7 Å². The maximum Gasteiger partial charge on any atom is 0.401 e. The van der Waals surface area contributed by atoms with Gasteiger partial charge in [0.2, 0.25) is 0 Å². The molecule has 1 aliphatic carbocycles. The van der Waals surface area contributed by atoms with Gasteiger partial charge in [-0.05, 0) is 87.8 Å². The molecule has 0 radical (unpaired) electrons. The highest BCUT2D eigenvalue weighted by molar-refractivity contribution is 9.10. The molecule has 39 heavy (non-hydrogen) atoms. The number of aliphatic imine (C=N–C) groups is 1. The highest BCUT2D eigenvalue weighted by atomic mass is 79.9. The standard InChI is InChI=1S/C28H27BrCl3F4NO2/c1-12(2)16-6-4-13(3)8-17(16)25-27(28(34,35)36,15-10-19(30)23(32)20(31)11-15)22(26(38)39)24(37-25)14-5-7-21(33)18(29)9-14/h5,7,9-13,16-17,22,25H,4,6,8H2,1-3H3,(H,38,39)/p-1/t13-,16?,17-,22+,25+,27+/m1/s1. The van der Waals surface area contributed by atoms with Crippen LogP contribution in [0.2, 0.25) is 15.1 Å². The maximum absolute atomic E-state index is 15.8.